The highest BCUT2D eigenvalue weighted by Crippen LogP contribution is 2.20. The minimum atomic E-state index is -1.07. The number of rotatable bonds is 4. The largest absolute Gasteiger partial charge is 0.382 e. The molecule has 0 aliphatic carbocycles. The summed E-state index contributed by atoms with van der Waals surface area (Å²) in [5.74, 6) is 1.56. The molecule has 1 aromatic heterocycles. The summed E-state index contributed by atoms with van der Waals surface area (Å²) in [6.45, 7) is 9.84. The van der Waals surface area contributed by atoms with E-state index in [1.54, 1.807) is 13.8 Å². The summed E-state index contributed by atoms with van der Waals surface area (Å²) < 4.78 is 0. The molecule has 2 heterocycles. The van der Waals surface area contributed by atoms with E-state index in [1.165, 1.54) is 0 Å². The van der Waals surface area contributed by atoms with Gasteiger partial charge in [0, 0.05) is 32.7 Å². The first-order valence-corrected chi connectivity index (χ1v) is 7.06. The van der Waals surface area contributed by atoms with Crippen LogP contribution in [0.25, 0.3) is 0 Å². The summed E-state index contributed by atoms with van der Waals surface area (Å²) >= 11 is 0. The van der Waals surface area contributed by atoms with Crippen LogP contribution in [0.15, 0.2) is 0 Å². The fraction of sp³-hybridized carbons (Fsp3) is 0.769. The molecule has 2 rings (SSSR count). The average Bonchev–Trinajstić information content (AvgIpc) is 2.38. The lowest BCUT2D eigenvalue weighted by atomic mass is 10.1. The molecule has 112 valence electrons. The normalized spacial score (nSPS) is 17.4. The molecule has 1 aliphatic rings. The van der Waals surface area contributed by atoms with Gasteiger partial charge < -0.3 is 20.2 Å². The minimum Gasteiger partial charge on any atom is -0.382 e. The Bertz CT molecular complexity index is 451. The Balaban J connectivity index is 2.29. The van der Waals surface area contributed by atoms with E-state index in [0.717, 1.165) is 32.7 Å². The molecule has 0 atom stereocenters. The zero-order valence-electron chi connectivity index (χ0n) is 12.7. The summed E-state index contributed by atoms with van der Waals surface area (Å²) in [6.07, 6.45) is 0. The SMILES string of the molecule is CCNc1nc(N2CCN(C)CC2)nc(C(C)(C)O)n1. The van der Waals surface area contributed by atoms with E-state index in [0.29, 0.717) is 17.7 Å². The minimum absolute atomic E-state index is 0.400. The van der Waals surface area contributed by atoms with Gasteiger partial charge in [-0.2, -0.15) is 15.0 Å². The Labute approximate surface area is 120 Å². The van der Waals surface area contributed by atoms with Crippen molar-refractivity contribution in [3.8, 4) is 0 Å². The number of nitrogens with zero attached hydrogens (tertiary/aromatic N) is 5. The number of aliphatic hydroxyl groups is 1. The molecular weight excluding hydrogens is 256 g/mol. The molecule has 0 spiro atoms. The number of piperazine rings is 1. The number of nitrogens with one attached hydrogen (secondary N) is 1. The van der Waals surface area contributed by atoms with Crippen LogP contribution in [-0.4, -0.2) is 64.7 Å². The Kier molecular flexibility index (Phi) is 4.39. The Hall–Kier alpha value is -1.47. The molecule has 1 aromatic rings. The fourth-order valence-electron chi connectivity index (χ4n) is 2.02. The molecule has 1 aliphatic heterocycles. The van der Waals surface area contributed by atoms with E-state index in [-0.39, 0.29) is 0 Å². The maximum Gasteiger partial charge on any atom is 0.230 e. The topological polar surface area (TPSA) is 77.4 Å². The highest BCUT2D eigenvalue weighted by molar-refractivity contribution is 5.38. The van der Waals surface area contributed by atoms with E-state index in [4.69, 9.17) is 0 Å². The second-order valence-electron chi connectivity index (χ2n) is 5.66. The smallest absolute Gasteiger partial charge is 0.230 e. The zero-order chi connectivity index (χ0) is 14.8. The average molecular weight is 280 g/mol. The number of anilines is 2. The fourth-order valence-corrected chi connectivity index (χ4v) is 2.02. The van der Waals surface area contributed by atoms with Gasteiger partial charge in [-0.25, -0.2) is 0 Å². The lowest BCUT2D eigenvalue weighted by Crippen LogP contribution is -2.45. The van der Waals surface area contributed by atoms with Crippen molar-refractivity contribution in [1.29, 1.82) is 0 Å². The van der Waals surface area contributed by atoms with E-state index >= 15 is 0 Å². The summed E-state index contributed by atoms with van der Waals surface area (Å²) in [4.78, 5) is 17.6. The zero-order valence-corrected chi connectivity index (χ0v) is 12.7. The molecule has 1 saturated heterocycles. The van der Waals surface area contributed by atoms with Crippen LogP contribution in [0.5, 0.6) is 0 Å². The number of likely N-dealkylation sites (N-methyl/N-ethyl adjacent to an activating group) is 1. The van der Waals surface area contributed by atoms with Gasteiger partial charge >= 0.3 is 0 Å². The maximum absolute atomic E-state index is 10.1. The predicted octanol–water partition coefficient (Wildman–Crippen LogP) is 0.283. The molecule has 7 nitrogen and oxygen atoms in total. The Morgan fingerprint density at radius 2 is 1.80 bits per heavy atom. The Morgan fingerprint density at radius 1 is 1.15 bits per heavy atom. The van der Waals surface area contributed by atoms with E-state index in [9.17, 15) is 5.11 Å². The molecule has 1 fully saturated rings. The number of aromatic nitrogens is 3. The van der Waals surface area contributed by atoms with Crippen molar-refractivity contribution < 1.29 is 5.11 Å². The van der Waals surface area contributed by atoms with Crippen LogP contribution in [0.2, 0.25) is 0 Å². The lowest BCUT2D eigenvalue weighted by molar-refractivity contribution is 0.0686. The van der Waals surface area contributed by atoms with Crippen LogP contribution in [-0.2, 0) is 5.60 Å². The van der Waals surface area contributed by atoms with Gasteiger partial charge in [-0.3, -0.25) is 0 Å². The van der Waals surface area contributed by atoms with Crippen LogP contribution in [0.4, 0.5) is 11.9 Å². The van der Waals surface area contributed by atoms with E-state index < -0.39 is 5.60 Å². The van der Waals surface area contributed by atoms with Gasteiger partial charge in [-0.1, -0.05) is 0 Å². The van der Waals surface area contributed by atoms with Gasteiger partial charge in [0.15, 0.2) is 5.82 Å². The van der Waals surface area contributed by atoms with Gasteiger partial charge in [-0.05, 0) is 27.8 Å². The van der Waals surface area contributed by atoms with Crippen molar-refractivity contribution in [2.45, 2.75) is 26.4 Å². The van der Waals surface area contributed by atoms with Crippen LogP contribution >= 0.6 is 0 Å². The van der Waals surface area contributed by atoms with Gasteiger partial charge in [-0.15, -0.1) is 0 Å². The van der Waals surface area contributed by atoms with Gasteiger partial charge in [0.25, 0.3) is 0 Å². The molecule has 20 heavy (non-hydrogen) atoms. The summed E-state index contributed by atoms with van der Waals surface area (Å²) in [5.41, 5.74) is -1.07. The molecule has 0 radical (unpaired) electrons. The first-order valence-electron chi connectivity index (χ1n) is 7.06. The van der Waals surface area contributed by atoms with Crippen molar-refractivity contribution >= 4 is 11.9 Å². The standard InChI is InChI=1S/C13H24N6O/c1-5-14-11-15-10(13(2,3)20)16-12(17-11)19-8-6-18(4)7-9-19/h20H,5-9H2,1-4H3,(H,14,15,16,17). The molecule has 2 N–H and O–H groups in total. The van der Waals surface area contributed by atoms with Crippen molar-refractivity contribution in [3.63, 3.8) is 0 Å². The lowest BCUT2D eigenvalue weighted by Gasteiger charge is -2.32. The quantitative estimate of drug-likeness (QED) is 0.820. The highest BCUT2D eigenvalue weighted by atomic mass is 16.3. The number of hydrogen-bond donors (Lipinski definition) is 2. The molecular formula is C13H24N6O. The highest BCUT2D eigenvalue weighted by Gasteiger charge is 2.24. The predicted molar refractivity (Wildman–Crippen MR) is 78.9 cm³/mol. The Morgan fingerprint density at radius 3 is 2.35 bits per heavy atom. The third kappa shape index (κ3) is 3.55. The summed E-state index contributed by atoms with van der Waals surface area (Å²) in [6, 6.07) is 0. The molecule has 0 amide bonds. The van der Waals surface area contributed by atoms with Crippen LogP contribution in [0.3, 0.4) is 0 Å². The van der Waals surface area contributed by atoms with Gasteiger partial charge in [0.05, 0.1) is 0 Å². The third-order valence-corrected chi connectivity index (χ3v) is 3.29. The van der Waals surface area contributed by atoms with Gasteiger partial charge in [0.1, 0.15) is 5.60 Å². The molecule has 0 aromatic carbocycles. The van der Waals surface area contributed by atoms with Crippen LogP contribution in [0.1, 0.15) is 26.6 Å². The van der Waals surface area contributed by atoms with Crippen molar-refractivity contribution in [3.05, 3.63) is 5.82 Å². The summed E-state index contributed by atoms with van der Waals surface area (Å²) in [5, 5.41) is 13.2. The first-order chi connectivity index (χ1) is 9.40. The van der Waals surface area contributed by atoms with E-state index in [1.807, 2.05) is 6.92 Å². The molecule has 0 saturated carbocycles. The maximum atomic E-state index is 10.1. The third-order valence-electron chi connectivity index (χ3n) is 3.29. The van der Waals surface area contributed by atoms with Crippen LogP contribution in [0, 0.1) is 0 Å². The molecule has 0 unspecified atom stereocenters. The van der Waals surface area contributed by atoms with Crippen molar-refractivity contribution in [2.24, 2.45) is 0 Å². The molecule has 0 bridgehead atoms. The second-order valence-corrected chi connectivity index (χ2v) is 5.66. The second kappa shape index (κ2) is 5.88. The van der Waals surface area contributed by atoms with Crippen molar-refractivity contribution in [1.82, 2.24) is 19.9 Å². The first kappa shape index (κ1) is 14.9. The van der Waals surface area contributed by atoms with Crippen molar-refractivity contribution in [2.75, 3.05) is 50.0 Å². The number of hydrogen-bond acceptors (Lipinski definition) is 7. The van der Waals surface area contributed by atoms with Crippen LogP contribution < -0.4 is 10.2 Å². The van der Waals surface area contributed by atoms with E-state index in [2.05, 4.69) is 37.1 Å². The van der Waals surface area contributed by atoms with Gasteiger partial charge in [0.2, 0.25) is 11.9 Å². The summed E-state index contributed by atoms with van der Waals surface area (Å²) in [7, 11) is 2.11. The molecule has 7 heteroatoms. The monoisotopic (exact) mass is 280 g/mol.